The number of rotatable bonds is 7. The molecule has 104 valence electrons. The van der Waals surface area contributed by atoms with Gasteiger partial charge in [0.15, 0.2) is 0 Å². The third kappa shape index (κ3) is 4.51. The van der Waals surface area contributed by atoms with Gasteiger partial charge in [0, 0.05) is 0 Å². The summed E-state index contributed by atoms with van der Waals surface area (Å²) >= 11 is 0. The fourth-order valence-corrected chi connectivity index (χ4v) is 2.14. The van der Waals surface area contributed by atoms with E-state index >= 15 is 0 Å². The summed E-state index contributed by atoms with van der Waals surface area (Å²) < 4.78 is 39.2. The standard InChI is InChI=1S/C14H27F3/c1-6-9-13(5,14(15,16)17)11-10-12(4,7-2)8-3/h6-11H2,1-5H3/t13-/m0/s1. The molecule has 0 aliphatic rings. The van der Waals surface area contributed by atoms with Crippen LogP contribution in [0.2, 0.25) is 0 Å². The summed E-state index contributed by atoms with van der Waals surface area (Å²) in [7, 11) is 0. The topological polar surface area (TPSA) is 0 Å². The van der Waals surface area contributed by atoms with Gasteiger partial charge in [0.2, 0.25) is 0 Å². The van der Waals surface area contributed by atoms with Gasteiger partial charge in [-0.1, -0.05) is 53.9 Å². The van der Waals surface area contributed by atoms with E-state index in [4.69, 9.17) is 0 Å². The van der Waals surface area contributed by atoms with Crippen molar-refractivity contribution in [3.63, 3.8) is 0 Å². The molecule has 0 unspecified atom stereocenters. The predicted octanol–water partition coefficient (Wildman–Crippen LogP) is 5.96. The maximum absolute atomic E-state index is 13.1. The molecule has 1 atom stereocenters. The molecule has 0 spiro atoms. The first-order chi connectivity index (χ1) is 7.64. The van der Waals surface area contributed by atoms with Gasteiger partial charge in [0.25, 0.3) is 0 Å². The molecule has 0 fully saturated rings. The van der Waals surface area contributed by atoms with E-state index in [9.17, 15) is 13.2 Å². The molecule has 0 radical (unpaired) electrons. The van der Waals surface area contributed by atoms with Crippen LogP contribution in [-0.4, -0.2) is 6.18 Å². The molecule has 0 rings (SSSR count). The van der Waals surface area contributed by atoms with E-state index in [2.05, 4.69) is 20.8 Å². The Hall–Kier alpha value is -0.210. The third-order valence-corrected chi connectivity index (χ3v) is 4.47. The van der Waals surface area contributed by atoms with E-state index in [0.29, 0.717) is 12.8 Å². The normalized spacial score (nSPS) is 16.9. The highest BCUT2D eigenvalue weighted by Gasteiger charge is 2.50. The molecule has 0 aromatic carbocycles. The van der Waals surface area contributed by atoms with Crippen molar-refractivity contribution >= 4 is 0 Å². The Morgan fingerprint density at radius 1 is 0.765 bits per heavy atom. The van der Waals surface area contributed by atoms with Crippen LogP contribution >= 0.6 is 0 Å². The largest absolute Gasteiger partial charge is 0.394 e. The van der Waals surface area contributed by atoms with Gasteiger partial charge in [-0.2, -0.15) is 13.2 Å². The first-order valence-electron chi connectivity index (χ1n) is 6.71. The van der Waals surface area contributed by atoms with Crippen molar-refractivity contribution in [2.24, 2.45) is 10.8 Å². The van der Waals surface area contributed by atoms with Crippen molar-refractivity contribution in [1.29, 1.82) is 0 Å². The van der Waals surface area contributed by atoms with Gasteiger partial charge in [0.1, 0.15) is 0 Å². The van der Waals surface area contributed by atoms with Crippen molar-refractivity contribution in [2.45, 2.75) is 79.3 Å². The van der Waals surface area contributed by atoms with Crippen molar-refractivity contribution in [1.82, 2.24) is 0 Å². The van der Waals surface area contributed by atoms with E-state index in [-0.39, 0.29) is 18.3 Å². The number of hydrogen-bond acceptors (Lipinski definition) is 0. The van der Waals surface area contributed by atoms with Crippen LogP contribution in [0.25, 0.3) is 0 Å². The second kappa shape index (κ2) is 6.10. The van der Waals surface area contributed by atoms with Crippen molar-refractivity contribution in [3.8, 4) is 0 Å². The third-order valence-electron chi connectivity index (χ3n) is 4.47. The zero-order chi connectivity index (χ0) is 13.7. The molecule has 0 aliphatic carbocycles. The summed E-state index contributed by atoms with van der Waals surface area (Å²) in [5.41, 5.74) is -1.45. The van der Waals surface area contributed by atoms with Crippen LogP contribution in [0.4, 0.5) is 13.2 Å². The first kappa shape index (κ1) is 16.8. The molecule has 0 nitrogen and oxygen atoms in total. The van der Waals surface area contributed by atoms with Crippen molar-refractivity contribution in [3.05, 3.63) is 0 Å². The highest BCUT2D eigenvalue weighted by atomic mass is 19.4. The Balaban J connectivity index is 4.68. The highest BCUT2D eigenvalue weighted by molar-refractivity contribution is 4.84. The molecule has 0 saturated heterocycles. The van der Waals surface area contributed by atoms with E-state index in [1.54, 1.807) is 0 Å². The molecule has 0 bridgehead atoms. The van der Waals surface area contributed by atoms with E-state index in [0.717, 1.165) is 12.8 Å². The number of alkyl halides is 3. The fourth-order valence-electron chi connectivity index (χ4n) is 2.14. The van der Waals surface area contributed by atoms with Crippen molar-refractivity contribution < 1.29 is 13.2 Å². The monoisotopic (exact) mass is 252 g/mol. The molecular formula is C14H27F3. The molecule has 0 aromatic rings. The van der Waals surface area contributed by atoms with E-state index in [1.807, 2.05) is 6.92 Å². The smallest absolute Gasteiger partial charge is 0.171 e. The average molecular weight is 252 g/mol. The van der Waals surface area contributed by atoms with Crippen LogP contribution < -0.4 is 0 Å². The molecule has 0 heterocycles. The molecule has 0 aromatic heterocycles. The zero-order valence-corrected chi connectivity index (χ0v) is 11.9. The van der Waals surface area contributed by atoms with E-state index < -0.39 is 11.6 Å². The maximum atomic E-state index is 13.1. The Morgan fingerprint density at radius 2 is 1.24 bits per heavy atom. The second-order valence-electron chi connectivity index (χ2n) is 5.83. The summed E-state index contributed by atoms with van der Waals surface area (Å²) in [6, 6.07) is 0. The lowest BCUT2D eigenvalue weighted by atomic mass is 9.72. The summed E-state index contributed by atoms with van der Waals surface area (Å²) in [6.45, 7) is 9.42. The van der Waals surface area contributed by atoms with Gasteiger partial charge in [-0.3, -0.25) is 0 Å². The molecule has 0 amide bonds. The maximum Gasteiger partial charge on any atom is 0.394 e. The van der Waals surface area contributed by atoms with Crippen LogP contribution in [0.5, 0.6) is 0 Å². The van der Waals surface area contributed by atoms with E-state index in [1.165, 1.54) is 6.92 Å². The Kier molecular flexibility index (Phi) is 6.03. The summed E-state index contributed by atoms with van der Waals surface area (Å²) in [6.07, 6.45) is -0.442. The first-order valence-corrected chi connectivity index (χ1v) is 6.71. The summed E-state index contributed by atoms with van der Waals surface area (Å²) in [4.78, 5) is 0. The lowest BCUT2D eigenvalue weighted by Crippen LogP contribution is -2.36. The predicted molar refractivity (Wildman–Crippen MR) is 67.0 cm³/mol. The Labute approximate surface area is 104 Å². The van der Waals surface area contributed by atoms with Gasteiger partial charge in [-0.25, -0.2) is 0 Å². The second-order valence-corrected chi connectivity index (χ2v) is 5.83. The minimum absolute atomic E-state index is 0.0558. The minimum atomic E-state index is -4.08. The lowest BCUT2D eigenvalue weighted by Gasteiger charge is -2.36. The molecule has 0 N–H and O–H groups in total. The zero-order valence-electron chi connectivity index (χ0n) is 11.9. The molecule has 17 heavy (non-hydrogen) atoms. The molecule has 0 saturated carbocycles. The van der Waals surface area contributed by atoms with Crippen LogP contribution in [0.3, 0.4) is 0 Å². The van der Waals surface area contributed by atoms with Gasteiger partial charge in [-0.05, 0) is 24.7 Å². The molecule has 0 aliphatic heterocycles. The molecule has 3 heteroatoms. The number of halogens is 3. The average Bonchev–Trinajstić information content (AvgIpc) is 2.25. The van der Waals surface area contributed by atoms with Gasteiger partial charge >= 0.3 is 6.18 Å². The molecular weight excluding hydrogens is 225 g/mol. The van der Waals surface area contributed by atoms with Gasteiger partial charge < -0.3 is 0 Å². The van der Waals surface area contributed by atoms with Crippen LogP contribution in [-0.2, 0) is 0 Å². The number of hydrogen-bond donors (Lipinski definition) is 0. The summed E-state index contributed by atoms with van der Waals surface area (Å²) in [5, 5.41) is 0. The lowest BCUT2D eigenvalue weighted by molar-refractivity contribution is -0.224. The van der Waals surface area contributed by atoms with Gasteiger partial charge in [0.05, 0.1) is 5.41 Å². The Morgan fingerprint density at radius 3 is 1.53 bits per heavy atom. The summed E-state index contributed by atoms with van der Waals surface area (Å²) in [5.74, 6) is 0. The minimum Gasteiger partial charge on any atom is -0.171 e. The highest BCUT2D eigenvalue weighted by Crippen LogP contribution is 2.47. The van der Waals surface area contributed by atoms with Crippen LogP contribution in [0.15, 0.2) is 0 Å². The van der Waals surface area contributed by atoms with Crippen molar-refractivity contribution in [2.75, 3.05) is 0 Å². The van der Waals surface area contributed by atoms with Crippen LogP contribution in [0.1, 0.15) is 73.1 Å². The quantitative estimate of drug-likeness (QED) is 0.524. The van der Waals surface area contributed by atoms with Gasteiger partial charge in [-0.15, -0.1) is 0 Å². The van der Waals surface area contributed by atoms with Crippen LogP contribution in [0, 0.1) is 10.8 Å². The fraction of sp³-hybridized carbons (Fsp3) is 1.00. The Bertz CT molecular complexity index is 216. The SMILES string of the molecule is CCC[C@@](C)(CCC(C)(CC)CC)C(F)(F)F.